The van der Waals surface area contributed by atoms with Gasteiger partial charge < -0.3 is 10.2 Å². The maximum Gasteiger partial charge on any atom is 0.224 e. The summed E-state index contributed by atoms with van der Waals surface area (Å²) in [7, 11) is 0. The Hall–Kier alpha value is -2.36. The SMILES string of the molecule is CCN(c1ccccc1)c1ccnc(NCCC2=CCCCC2)n1. The van der Waals surface area contributed by atoms with Crippen molar-refractivity contribution in [2.24, 2.45) is 0 Å². The van der Waals surface area contributed by atoms with Crippen LogP contribution in [0, 0.1) is 0 Å². The molecule has 3 rings (SSSR count). The van der Waals surface area contributed by atoms with Gasteiger partial charge >= 0.3 is 0 Å². The summed E-state index contributed by atoms with van der Waals surface area (Å²) in [5.41, 5.74) is 2.72. The van der Waals surface area contributed by atoms with E-state index < -0.39 is 0 Å². The van der Waals surface area contributed by atoms with Crippen molar-refractivity contribution in [3.63, 3.8) is 0 Å². The molecule has 0 bridgehead atoms. The first-order chi connectivity index (χ1) is 11.9. The number of hydrogen-bond donors (Lipinski definition) is 1. The van der Waals surface area contributed by atoms with Crippen molar-refractivity contribution in [2.45, 2.75) is 39.0 Å². The van der Waals surface area contributed by atoms with E-state index in [1.165, 1.54) is 25.7 Å². The summed E-state index contributed by atoms with van der Waals surface area (Å²) in [6, 6.07) is 12.3. The van der Waals surface area contributed by atoms with Crippen molar-refractivity contribution in [3.05, 3.63) is 54.2 Å². The molecule has 0 fully saturated rings. The Kier molecular flexibility index (Phi) is 5.83. The third-order valence-corrected chi connectivity index (χ3v) is 4.42. The number of nitrogens with zero attached hydrogens (tertiary/aromatic N) is 3. The first-order valence-corrected chi connectivity index (χ1v) is 8.94. The van der Waals surface area contributed by atoms with Crippen LogP contribution in [0.3, 0.4) is 0 Å². The van der Waals surface area contributed by atoms with Gasteiger partial charge in [0, 0.05) is 25.0 Å². The zero-order valence-electron chi connectivity index (χ0n) is 14.4. The standard InChI is InChI=1S/C20H26N4/c1-2-24(18-11-7-4-8-12-18)19-14-16-22-20(23-19)21-15-13-17-9-5-3-6-10-17/h4,7-9,11-12,14,16H,2-3,5-6,10,13,15H2,1H3,(H,21,22,23). The molecule has 2 aromatic rings. The number of hydrogen-bond acceptors (Lipinski definition) is 4. The summed E-state index contributed by atoms with van der Waals surface area (Å²) in [5, 5.41) is 3.37. The van der Waals surface area contributed by atoms with Crippen LogP contribution in [-0.4, -0.2) is 23.1 Å². The smallest absolute Gasteiger partial charge is 0.224 e. The number of benzene rings is 1. The molecule has 1 N–H and O–H groups in total. The van der Waals surface area contributed by atoms with Gasteiger partial charge in [-0.05, 0) is 57.2 Å². The van der Waals surface area contributed by atoms with E-state index in [1.807, 2.05) is 18.3 Å². The Morgan fingerprint density at radius 1 is 1.12 bits per heavy atom. The maximum atomic E-state index is 4.69. The normalized spacial score (nSPS) is 14.1. The fraction of sp³-hybridized carbons (Fsp3) is 0.400. The van der Waals surface area contributed by atoms with Crippen molar-refractivity contribution >= 4 is 17.5 Å². The third-order valence-electron chi connectivity index (χ3n) is 4.42. The van der Waals surface area contributed by atoms with Gasteiger partial charge in [-0.25, -0.2) is 4.98 Å². The summed E-state index contributed by atoms with van der Waals surface area (Å²) in [4.78, 5) is 11.2. The van der Waals surface area contributed by atoms with Gasteiger partial charge in [0.1, 0.15) is 5.82 Å². The molecule has 1 aliphatic rings. The van der Waals surface area contributed by atoms with Crippen LogP contribution >= 0.6 is 0 Å². The summed E-state index contributed by atoms with van der Waals surface area (Å²) >= 11 is 0. The molecule has 4 nitrogen and oxygen atoms in total. The van der Waals surface area contributed by atoms with E-state index in [0.717, 1.165) is 31.0 Å². The highest BCUT2D eigenvalue weighted by Crippen LogP contribution is 2.23. The highest BCUT2D eigenvalue weighted by Gasteiger charge is 2.09. The van der Waals surface area contributed by atoms with Crippen molar-refractivity contribution < 1.29 is 0 Å². The molecule has 1 aromatic carbocycles. The lowest BCUT2D eigenvalue weighted by Gasteiger charge is -2.22. The maximum absolute atomic E-state index is 4.69. The molecule has 0 atom stereocenters. The van der Waals surface area contributed by atoms with Crippen LogP contribution in [0.4, 0.5) is 17.5 Å². The minimum absolute atomic E-state index is 0.707. The average molecular weight is 322 g/mol. The summed E-state index contributed by atoms with van der Waals surface area (Å²) in [6.45, 7) is 3.90. The third kappa shape index (κ3) is 4.34. The molecule has 4 heteroatoms. The predicted octanol–water partition coefficient (Wildman–Crippen LogP) is 4.94. The minimum Gasteiger partial charge on any atom is -0.354 e. The number of para-hydroxylation sites is 1. The van der Waals surface area contributed by atoms with E-state index >= 15 is 0 Å². The Morgan fingerprint density at radius 3 is 2.75 bits per heavy atom. The largest absolute Gasteiger partial charge is 0.354 e. The van der Waals surface area contributed by atoms with E-state index in [-0.39, 0.29) is 0 Å². The van der Waals surface area contributed by atoms with Gasteiger partial charge in [0.05, 0.1) is 0 Å². The number of nitrogens with one attached hydrogen (secondary N) is 1. The molecular formula is C20H26N4. The van der Waals surface area contributed by atoms with Crippen molar-refractivity contribution in [1.82, 2.24) is 9.97 Å². The van der Waals surface area contributed by atoms with Gasteiger partial charge in [0.15, 0.2) is 0 Å². The Morgan fingerprint density at radius 2 is 2.00 bits per heavy atom. The second-order valence-corrected chi connectivity index (χ2v) is 6.10. The molecule has 0 saturated heterocycles. The van der Waals surface area contributed by atoms with Crippen LogP contribution in [0.2, 0.25) is 0 Å². The number of rotatable bonds is 7. The first-order valence-electron chi connectivity index (χ1n) is 8.94. The van der Waals surface area contributed by atoms with Gasteiger partial charge in [-0.3, -0.25) is 0 Å². The van der Waals surface area contributed by atoms with Crippen LogP contribution < -0.4 is 10.2 Å². The molecule has 24 heavy (non-hydrogen) atoms. The second kappa shape index (κ2) is 8.48. The summed E-state index contributed by atoms with van der Waals surface area (Å²) in [5.74, 6) is 1.64. The highest BCUT2D eigenvalue weighted by molar-refractivity contribution is 5.60. The van der Waals surface area contributed by atoms with E-state index in [0.29, 0.717) is 5.95 Å². The second-order valence-electron chi connectivity index (χ2n) is 6.10. The monoisotopic (exact) mass is 322 g/mol. The molecule has 126 valence electrons. The topological polar surface area (TPSA) is 41.1 Å². The van der Waals surface area contributed by atoms with Gasteiger partial charge in [-0.2, -0.15) is 4.98 Å². The Bertz CT molecular complexity index is 666. The zero-order valence-corrected chi connectivity index (χ0v) is 14.4. The van der Waals surface area contributed by atoms with Gasteiger partial charge in [-0.1, -0.05) is 29.8 Å². The lowest BCUT2D eigenvalue weighted by atomic mass is 9.97. The lowest BCUT2D eigenvalue weighted by molar-refractivity contribution is 0.679. The molecule has 0 unspecified atom stereocenters. The summed E-state index contributed by atoms with van der Waals surface area (Å²) < 4.78 is 0. The molecule has 0 aliphatic heterocycles. The van der Waals surface area contributed by atoms with Crippen molar-refractivity contribution in [1.29, 1.82) is 0 Å². The summed E-state index contributed by atoms with van der Waals surface area (Å²) in [6.07, 6.45) is 10.5. The molecule has 1 aliphatic carbocycles. The molecule has 0 radical (unpaired) electrons. The molecule has 0 amide bonds. The van der Waals surface area contributed by atoms with Crippen LogP contribution in [0.1, 0.15) is 39.0 Å². The van der Waals surface area contributed by atoms with E-state index in [9.17, 15) is 0 Å². The average Bonchev–Trinajstić information content (AvgIpc) is 2.65. The zero-order chi connectivity index (χ0) is 16.6. The molecule has 0 spiro atoms. The van der Waals surface area contributed by atoms with Gasteiger partial charge in [-0.15, -0.1) is 0 Å². The van der Waals surface area contributed by atoms with Gasteiger partial charge in [0.25, 0.3) is 0 Å². The van der Waals surface area contributed by atoms with E-state index in [1.54, 1.807) is 5.57 Å². The van der Waals surface area contributed by atoms with Crippen LogP contribution in [0.15, 0.2) is 54.2 Å². The van der Waals surface area contributed by atoms with E-state index in [2.05, 4.69) is 57.4 Å². The number of aromatic nitrogens is 2. The number of anilines is 3. The Labute approximate surface area is 144 Å². The van der Waals surface area contributed by atoms with Crippen LogP contribution in [-0.2, 0) is 0 Å². The highest BCUT2D eigenvalue weighted by atomic mass is 15.2. The fourth-order valence-electron chi connectivity index (χ4n) is 3.14. The molecule has 1 heterocycles. The molecule has 0 saturated carbocycles. The first kappa shape index (κ1) is 16.5. The predicted molar refractivity (Wildman–Crippen MR) is 101 cm³/mol. The molecular weight excluding hydrogens is 296 g/mol. The van der Waals surface area contributed by atoms with Crippen molar-refractivity contribution in [2.75, 3.05) is 23.3 Å². The lowest BCUT2D eigenvalue weighted by Crippen LogP contribution is -2.18. The fourth-order valence-corrected chi connectivity index (χ4v) is 3.14. The Balaban J connectivity index is 1.64. The van der Waals surface area contributed by atoms with Crippen LogP contribution in [0.5, 0.6) is 0 Å². The van der Waals surface area contributed by atoms with E-state index in [4.69, 9.17) is 0 Å². The molecule has 1 aromatic heterocycles. The number of allylic oxidation sites excluding steroid dienone is 1. The van der Waals surface area contributed by atoms with Gasteiger partial charge in [0.2, 0.25) is 5.95 Å². The van der Waals surface area contributed by atoms with Crippen molar-refractivity contribution in [3.8, 4) is 0 Å². The quantitative estimate of drug-likeness (QED) is 0.733. The minimum atomic E-state index is 0.707. The van der Waals surface area contributed by atoms with Crippen LogP contribution in [0.25, 0.3) is 0 Å².